The third-order valence-corrected chi connectivity index (χ3v) is 2.92. The molecule has 0 saturated carbocycles. The fraction of sp³-hybridized carbons (Fsp3) is 0.385. The van der Waals surface area contributed by atoms with Gasteiger partial charge in [0, 0.05) is 12.7 Å². The summed E-state index contributed by atoms with van der Waals surface area (Å²) < 4.78 is 9.81. The number of amides is 1. The van der Waals surface area contributed by atoms with E-state index in [0.717, 1.165) is 11.1 Å². The molecular formula is C13H17NO4S. The first-order valence-electron chi connectivity index (χ1n) is 5.78. The zero-order valence-electron chi connectivity index (χ0n) is 10.7. The smallest absolute Gasteiger partial charge is 0.404 e. The van der Waals surface area contributed by atoms with Crippen LogP contribution < -0.4 is 5.73 Å². The van der Waals surface area contributed by atoms with E-state index in [4.69, 9.17) is 15.2 Å². The minimum atomic E-state index is -0.851. The lowest BCUT2D eigenvalue weighted by Gasteiger charge is -2.19. The van der Waals surface area contributed by atoms with Crippen LogP contribution in [0.4, 0.5) is 4.79 Å². The standard InChI is InChI=1S/C13H17NO4S/c1-9(15)17-6-11(7-18-13(14)16)12-5-3-2-4-10(12)8-19/h2-5,11,19H,6-8H2,1H3,(H2,14,16)/t11-/m0/s1. The molecule has 0 bridgehead atoms. The second-order valence-corrected chi connectivity index (χ2v) is 4.30. The predicted octanol–water partition coefficient (Wildman–Crippen LogP) is 1.86. The Labute approximate surface area is 117 Å². The summed E-state index contributed by atoms with van der Waals surface area (Å²) in [5.41, 5.74) is 6.89. The van der Waals surface area contributed by atoms with Crippen LogP contribution in [0, 0.1) is 0 Å². The number of rotatable bonds is 6. The molecule has 19 heavy (non-hydrogen) atoms. The molecule has 0 aliphatic rings. The molecule has 0 aromatic heterocycles. The van der Waals surface area contributed by atoms with Crippen LogP contribution in [-0.4, -0.2) is 25.3 Å². The highest BCUT2D eigenvalue weighted by atomic mass is 32.1. The van der Waals surface area contributed by atoms with Gasteiger partial charge in [0.05, 0.1) is 5.92 Å². The van der Waals surface area contributed by atoms with Gasteiger partial charge < -0.3 is 15.2 Å². The molecule has 1 aromatic carbocycles. The van der Waals surface area contributed by atoms with E-state index in [-0.39, 0.29) is 25.1 Å². The molecule has 0 radical (unpaired) electrons. The van der Waals surface area contributed by atoms with Crippen molar-refractivity contribution in [2.75, 3.05) is 13.2 Å². The van der Waals surface area contributed by atoms with Crippen LogP contribution in [0.3, 0.4) is 0 Å². The van der Waals surface area contributed by atoms with Gasteiger partial charge in [0.15, 0.2) is 0 Å². The number of carbonyl (C=O) groups excluding carboxylic acids is 2. The number of ether oxygens (including phenoxy) is 2. The van der Waals surface area contributed by atoms with E-state index in [1.807, 2.05) is 24.3 Å². The zero-order chi connectivity index (χ0) is 14.3. The zero-order valence-corrected chi connectivity index (χ0v) is 11.6. The molecule has 0 spiro atoms. The van der Waals surface area contributed by atoms with Gasteiger partial charge in [0.2, 0.25) is 0 Å². The third kappa shape index (κ3) is 5.21. The van der Waals surface area contributed by atoms with Crippen molar-refractivity contribution in [3.05, 3.63) is 35.4 Å². The Morgan fingerprint density at radius 1 is 1.26 bits per heavy atom. The van der Waals surface area contributed by atoms with Crippen LogP contribution in [0.2, 0.25) is 0 Å². The predicted molar refractivity (Wildman–Crippen MR) is 74.0 cm³/mol. The number of thiol groups is 1. The van der Waals surface area contributed by atoms with Crippen molar-refractivity contribution < 1.29 is 19.1 Å². The van der Waals surface area contributed by atoms with Crippen molar-refractivity contribution in [1.29, 1.82) is 0 Å². The van der Waals surface area contributed by atoms with Gasteiger partial charge in [-0.1, -0.05) is 24.3 Å². The van der Waals surface area contributed by atoms with Crippen molar-refractivity contribution in [3.63, 3.8) is 0 Å². The van der Waals surface area contributed by atoms with Crippen LogP contribution in [0.5, 0.6) is 0 Å². The molecule has 0 fully saturated rings. The summed E-state index contributed by atoms with van der Waals surface area (Å²) in [7, 11) is 0. The molecule has 0 heterocycles. The number of benzene rings is 1. The lowest BCUT2D eigenvalue weighted by atomic mass is 9.96. The molecule has 104 valence electrons. The topological polar surface area (TPSA) is 78.6 Å². The van der Waals surface area contributed by atoms with Crippen molar-refractivity contribution in [2.45, 2.75) is 18.6 Å². The van der Waals surface area contributed by atoms with Crippen molar-refractivity contribution >= 4 is 24.7 Å². The molecule has 0 saturated heterocycles. The van der Waals surface area contributed by atoms with Crippen LogP contribution >= 0.6 is 12.6 Å². The summed E-state index contributed by atoms with van der Waals surface area (Å²) >= 11 is 4.25. The Kier molecular flexibility index (Phi) is 6.21. The maximum atomic E-state index is 10.9. The summed E-state index contributed by atoms with van der Waals surface area (Å²) in [5, 5.41) is 0. The monoisotopic (exact) mass is 283 g/mol. The van der Waals surface area contributed by atoms with E-state index in [9.17, 15) is 9.59 Å². The van der Waals surface area contributed by atoms with E-state index < -0.39 is 6.09 Å². The first-order valence-corrected chi connectivity index (χ1v) is 6.42. The van der Waals surface area contributed by atoms with E-state index in [0.29, 0.717) is 5.75 Å². The number of hydrogen-bond acceptors (Lipinski definition) is 5. The summed E-state index contributed by atoms with van der Waals surface area (Å²) in [4.78, 5) is 21.6. The fourth-order valence-electron chi connectivity index (χ4n) is 1.70. The highest BCUT2D eigenvalue weighted by molar-refractivity contribution is 7.79. The van der Waals surface area contributed by atoms with Crippen molar-refractivity contribution in [1.82, 2.24) is 0 Å². The van der Waals surface area contributed by atoms with Crippen LogP contribution in [0.25, 0.3) is 0 Å². The highest BCUT2D eigenvalue weighted by Gasteiger charge is 2.18. The minimum Gasteiger partial charge on any atom is -0.465 e. The molecule has 1 aromatic rings. The SMILES string of the molecule is CC(=O)OC[C@@H](COC(N)=O)c1ccccc1CS. The van der Waals surface area contributed by atoms with Crippen LogP contribution in [0.15, 0.2) is 24.3 Å². The maximum Gasteiger partial charge on any atom is 0.404 e. The van der Waals surface area contributed by atoms with E-state index in [1.165, 1.54) is 6.92 Å². The summed E-state index contributed by atoms with van der Waals surface area (Å²) in [6, 6.07) is 7.58. The lowest BCUT2D eigenvalue weighted by molar-refractivity contribution is -0.141. The Hall–Kier alpha value is -1.69. The second kappa shape index (κ2) is 7.68. The molecule has 0 aliphatic carbocycles. The van der Waals surface area contributed by atoms with Crippen LogP contribution in [-0.2, 0) is 20.0 Å². The normalized spacial score (nSPS) is 11.7. The molecule has 0 aliphatic heterocycles. The first-order chi connectivity index (χ1) is 9.04. The van der Waals surface area contributed by atoms with Crippen molar-refractivity contribution in [2.24, 2.45) is 5.73 Å². The first kappa shape index (κ1) is 15.4. The number of nitrogens with two attached hydrogens (primary N) is 1. The Balaban J connectivity index is 2.86. The van der Waals surface area contributed by atoms with Gasteiger partial charge in [-0.15, -0.1) is 0 Å². The molecule has 1 amide bonds. The Bertz CT molecular complexity index is 432. The summed E-state index contributed by atoms with van der Waals surface area (Å²) in [6.45, 7) is 1.53. The van der Waals surface area contributed by atoms with Gasteiger partial charge in [-0.05, 0) is 11.1 Å². The molecule has 5 nitrogen and oxygen atoms in total. The van der Waals surface area contributed by atoms with E-state index in [2.05, 4.69) is 12.6 Å². The van der Waals surface area contributed by atoms with Crippen molar-refractivity contribution in [3.8, 4) is 0 Å². The molecule has 2 N–H and O–H groups in total. The average Bonchev–Trinajstić information content (AvgIpc) is 2.38. The number of hydrogen-bond donors (Lipinski definition) is 2. The van der Waals surface area contributed by atoms with Crippen LogP contribution in [0.1, 0.15) is 24.0 Å². The maximum absolute atomic E-state index is 10.9. The Morgan fingerprint density at radius 2 is 1.89 bits per heavy atom. The summed E-state index contributed by atoms with van der Waals surface area (Å²) in [5.74, 6) is -0.0873. The van der Waals surface area contributed by atoms with Gasteiger partial charge in [-0.2, -0.15) is 12.6 Å². The highest BCUT2D eigenvalue weighted by Crippen LogP contribution is 2.22. The van der Waals surface area contributed by atoms with Gasteiger partial charge in [-0.3, -0.25) is 4.79 Å². The number of esters is 1. The minimum absolute atomic E-state index is 0.0629. The van der Waals surface area contributed by atoms with Gasteiger partial charge >= 0.3 is 12.1 Å². The third-order valence-electron chi connectivity index (χ3n) is 2.58. The van der Waals surface area contributed by atoms with E-state index in [1.54, 1.807) is 0 Å². The molecular weight excluding hydrogens is 266 g/mol. The average molecular weight is 283 g/mol. The molecule has 0 unspecified atom stereocenters. The molecule has 1 atom stereocenters. The van der Waals surface area contributed by atoms with E-state index >= 15 is 0 Å². The quantitative estimate of drug-likeness (QED) is 0.617. The summed E-state index contributed by atoms with van der Waals surface area (Å²) in [6.07, 6.45) is -0.851. The number of primary amides is 1. The largest absolute Gasteiger partial charge is 0.465 e. The lowest BCUT2D eigenvalue weighted by Crippen LogP contribution is -2.22. The van der Waals surface area contributed by atoms with Gasteiger partial charge in [-0.25, -0.2) is 4.79 Å². The van der Waals surface area contributed by atoms with Gasteiger partial charge in [0.1, 0.15) is 13.2 Å². The molecule has 1 rings (SSSR count). The fourth-order valence-corrected chi connectivity index (χ4v) is 1.99. The second-order valence-electron chi connectivity index (χ2n) is 3.99. The van der Waals surface area contributed by atoms with Gasteiger partial charge in [0.25, 0.3) is 0 Å². The number of carbonyl (C=O) groups is 2. The molecule has 6 heteroatoms. The Morgan fingerprint density at radius 3 is 2.47 bits per heavy atom.